The number of esters is 2. The number of fused-ring (bicyclic) bond motifs is 3. The average Bonchev–Trinajstić information content (AvgIpc) is 4.23. The zero-order valence-electron chi connectivity index (χ0n) is 41.8. The molecule has 7 N–H and O–H groups in total. The number of rotatable bonds is 16. The number of hydrogen-bond donors (Lipinski definition) is 7. The summed E-state index contributed by atoms with van der Waals surface area (Å²) in [6, 6.07) is 32.6. The molecule has 6 aromatic carbocycles. The number of aromatic carboxylic acids is 1. The maximum Gasteiger partial charge on any atom is 1.00 e. The van der Waals surface area contributed by atoms with Crippen molar-refractivity contribution in [1.29, 1.82) is 0 Å². The molecular formula is C56H62BrN6NaO15. The number of ether oxygens (including phenoxy) is 5. The fourth-order valence-corrected chi connectivity index (χ4v) is 8.16. The maximum atomic E-state index is 11.6. The van der Waals surface area contributed by atoms with E-state index in [0.717, 1.165) is 60.5 Å². The molecule has 9 rings (SSSR count). The van der Waals surface area contributed by atoms with Crippen LogP contribution < -0.4 is 59.8 Å². The Kier molecular flexibility index (Phi) is 27.8. The molecule has 0 unspecified atom stereocenters. The monoisotopic (exact) mass is 1160 g/mol. The zero-order chi connectivity index (χ0) is 54.0. The number of carboxylic acid groups (broad SMARTS) is 1. The summed E-state index contributed by atoms with van der Waals surface area (Å²) >= 11 is 3.33. The van der Waals surface area contributed by atoms with Crippen LogP contribution in [-0.4, -0.2) is 83.8 Å². The van der Waals surface area contributed by atoms with Crippen LogP contribution in [0.5, 0.6) is 17.2 Å². The van der Waals surface area contributed by atoms with Crippen LogP contribution in [0, 0.1) is 10.1 Å². The summed E-state index contributed by atoms with van der Waals surface area (Å²) < 4.78 is 25.1. The van der Waals surface area contributed by atoms with Crippen LogP contribution in [0.2, 0.25) is 0 Å². The van der Waals surface area contributed by atoms with Crippen LogP contribution in [0.25, 0.3) is 32.7 Å². The predicted octanol–water partition coefficient (Wildman–Crippen LogP) is 8.68. The minimum absolute atomic E-state index is 0. The number of aromatic nitrogens is 3. The van der Waals surface area contributed by atoms with Crippen LogP contribution in [0.4, 0.5) is 17.1 Å². The number of nitro benzene ring substituents is 1. The average molecular weight is 1160 g/mol. The van der Waals surface area contributed by atoms with Gasteiger partial charge in [-0.3, -0.25) is 10.1 Å². The maximum absolute atomic E-state index is 11.6. The Balaban J connectivity index is 0.000000369. The Hall–Kier alpha value is -7.93. The molecule has 21 nitrogen and oxygen atoms in total. The molecule has 0 amide bonds. The molecule has 0 aliphatic heterocycles. The number of methoxy groups -OCH3 is 5. The van der Waals surface area contributed by atoms with E-state index in [0.29, 0.717) is 57.9 Å². The normalized spacial score (nSPS) is 9.92. The minimum Gasteiger partial charge on any atom is -0.545 e. The van der Waals surface area contributed by atoms with Gasteiger partial charge in [-0.15, -0.1) is 9.98 Å². The predicted molar refractivity (Wildman–Crippen MR) is 301 cm³/mol. The third kappa shape index (κ3) is 17.5. The van der Waals surface area contributed by atoms with Gasteiger partial charge in [0.2, 0.25) is 0 Å². The second-order valence-corrected chi connectivity index (χ2v) is 16.4. The van der Waals surface area contributed by atoms with E-state index in [1.165, 1.54) is 46.6 Å². The first-order chi connectivity index (χ1) is 36.3. The number of nitro groups is 1. The first-order valence-electron chi connectivity index (χ1n) is 22.3. The van der Waals surface area contributed by atoms with Crippen molar-refractivity contribution < 1.29 is 98.1 Å². The molecule has 0 saturated carbocycles. The summed E-state index contributed by atoms with van der Waals surface area (Å²) in [5.74, 6) is -0.310. The molecule has 0 radical (unpaired) electrons. The van der Waals surface area contributed by atoms with E-state index in [1.54, 1.807) is 67.8 Å². The number of H-pyrrole nitrogens is 3. The van der Waals surface area contributed by atoms with E-state index >= 15 is 0 Å². The van der Waals surface area contributed by atoms with Crippen molar-refractivity contribution in [2.75, 3.05) is 46.5 Å². The first-order valence-corrected chi connectivity index (χ1v) is 23.4. The number of carbonyl (C=O) groups excluding carboxylic acids is 3. The van der Waals surface area contributed by atoms with Crippen molar-refractivity contribution >= 4 is 83.6 Å². The van der Waals surface area contributed by atoms with Gasteiger partial charge in [-0.05, 0) is 101 Å². The number of benzene rings is 6. The topological polar surface area (TPSA) is 294 Å². The molecule has 3 heterocycles. The number of anilines is 2. The molecule has 0 aliphatic rings. The van der Waals surface area contributed by atoms with Gasteiger partial charge in [-0.2, -0.15) is 0 Å². The van der Waals surface area contributed by atoms with E-state index in [2.05, 4.69) is 56.6 Å². The minimum atomic E-state index is -1.24. The second-order valence-electron chi connectivity index (χ2n) is 15.9. The summed E-state index contributed by atoms with van der Waals surface area (Å²) in [4.78, 5) is 61.4. The largest absolute Gasteiger partial charge is 1.00 e. The van der Waals surface area contributed by atoms with Gasteiger partial charge in [0.1, 0.15) is 17.2 Å². The van der Waals surface area contributed by atoms with Gasteiger partial charge >= 0.3 is 41.5 Å². The van der Waals surface area contributed by atoms with Crippen molar-refractivity contribution in [3.8, 4) is 17.2 Å². The smallest absolute Gasteiger partial charge is 0.545 e. The summed E-state index contributed by atoms with van der Waals surface area (Å²) in [6.07, 6.45) is 6.60. The van der Waals surface area contributed by atoms with Crippen LogP contribution in [-0.2, 0) is 37.6 Å². The molecule has 0 spiro atoms. The molecule has 0 atom stereocenters. The molecule has 0 aliphatic carbocycles. The third-order valence-corrected chi connectivity index (χ3v) is 12.1. The summed E-state index contributed by atoms with van der Waals surface area (Å²) in [6.45, 7) is 0. The van der Waals surface area contributed by atoms with E-state index in [4.69, 9.17) is 29.5 Å². The molecule has 0 fully saturated rings. The number of non-ortho nitro benzene ring substituents is 1. The van der Waals surface area contributed by atoms with E-state index in [9.17, 15) is 29.6 Å². The fourth-order valence-electron chi connectivity index (χ4n) is 7.70. The van der Waals surface area contributed by atoms with Crippen molar-refractivity contribution in [2.24, 2.45) is 0 Å². The number of carboxylic acids is 1. The van der Waals surface area contributed by atoms with Gasteiger partial charge in [0.05, 0.1) is 68.9 Å². The number of nitrogens with zero attached hydrogens (tertiary/aromatic N) is 1. The zero-order valence-corrected chi connectivity index (χ0v) is 45.4. The molecule has 79 heavy (non-hydrogen) atoms. The van der Waals surface area contributed by atoms with E-state index in [1.807, 2.05) is 55.0 Å². The number of hydrogen-bond acceptors (Lipinski definition) is 17. The van der Waals surface area contributed by atoms with E-state index < -0.39 is 16.9 Å². The van der Waals surface area contributed by atoms with Crippen molar-refractivity contribution in [3.05, 3.63) is 188 Å². The SMILES string of the molecule is C.C.C.COC(=O)c1ccc(CBr)c(OC)c1.COC(=O)c1ccc(Cc2c[nH]c3ccc([N+](=O)[O-])cc23)c(OC)c1.COc1cc(C(=O)[O-])ccc1Cc1c[nH]c2ccc(NOO)cc12.OONc1ccc2[nH]ccc2c1.[Na+]. The molecule has 23 heteroatoms. The number of carbonyl (C=O) groups is 3. The van der Waals surface area contributed by atoms with Crippen LogP contribution in [0.15, 0.2) is 134 Å². The summed E-state index contributed by atoms with van der Waals surface area (Å²) in [5, 5.41) is 42.1. The van der Waals surface area contributed by atoms with Crippen molar-refractivity contribution in [1.82, 2.24) is 15.0 Å². The Morgan fingerprint density at radius 1 is 0.557 bits per heavy atom. The van der Waals surface area contributed by atoms with E-state index in [-0.39, 0.29) is 69.1 Å². The number of aromatic amines is 3. The Morgan fingerprint density at radius 3 is 1.47 bits per heavy atom. The van der Waals surface area contributed by atoms with Gasteiger partial charge in [0.15, 0.2) is 0 Å². The summed E-state index contributed by atoms with van der Waals surface area (Å²) in [7, 11) is 7.27. The van der Waals surface area contributed by atoms with Gasteiger partial charge in [0, 0.05) is 92.7 Å². The fraction of sp³-hybridized carbons (Fsp3) is 0.196. The van der Waals surface area contributed by atoms with Gasteiger partial charge < -0.3 is 48.5 Å². The van der Waals surface area contributed by atoms with Crippen LogP contribution in [0.3, 0.4) is 0 Å². The van der Waals surface area contributed by atoms with Crippen molar-refractivity contribution in [2.45, 2.75) is 40.5 Å². The van der Waals surface area contributed by atoms with Gasteiger partial charge in [0.25, 0.3) is 5.69 Å². The van der Waals surface area contributed by atoms with Crippen LogP contribution >= 0.6 is 15.9 Å². The molecule has 9 aromatic rings. The molecule has 3 aromatic heterocycles. The standard InChI is InChI=1S/C18H16N2O5.C17H16N2O5.C10H11BrO3.C8H8N2O2.3CH4.Na/c1-24-17-8-12(18(21)25-2)4-3-11(17)7-13-10-19-16-6-5-14(20(22)23)9-15(13)16;1-23-16-7-11(17(20)21)3-2-10(16)6-12-9-18-15-5-4-13(19-24-22)8-14(12)15;1-13-9-5-7(10(12)14-2)3-4-8(9)6-11;11-12-10-7-1-2-8-6(5-7)3-4-9-8;;;;/h3-6,8-10,19H,7H2,1-2H3;2-5,7-9,18-19,22H,6H2,1H3,(H,20,21);3-5H,6H2,1-2H3;1-5,9-11H;3*1H4;/q;;;;;;;+1/p-1. The number of nitrogens with one attached hydrogen (secondary N) is 5. The number of halogens is 1. The number of alkyl halides is 1. The Labute approximate surface area is 486 Å². The first kappa shape index (κ1) is 67.2. The molecular weight excluding hydrogens is 1100 g/mol. The third-order valence-electron chi connectivity index (χ3n) is 11.5. The quantitative estimate of drug-likeness (QED) is 0.0119. The Morgan fingerprint density at radius 2 is 1.00 bits per heavy atom. The molecule has 0 saturated heterocycles. The van der Waals surface area contributed by atoms with Crippen LogP contribution in [0.1, 0.15) is 81.2 Å². The van der Waals surface area contributed by atoms with Gasteiger partial charge in [-0.1, -0.05) is 62.5 Å². The van der Waals surface area contributed by atoms with Gasteiger partial charge in [-0.25, -0.2) is 31.1 Å². The van der Waals surface area contributed by atoms with Crippen molar-refractivity contribution in [3.63, 3.8) is 0 Å². The Bertz CT molecular complexity index is 3440. The second kappa shape index (κ2) is 32.7. The molecule has 0 bridgehead atoms. The molecule has 414 valence electrons. The summed E-state index contributed by atoms with van der Waals surface area (Å²) in [5.41, 5.74) is 14.4.